The topological polar surface area (TPSA) is 67.5 Å². The van der Waals surface area contributed by atoms with Gasteiger partial charge in [-0.05, 0) is 31.0 Å². The molecule has 0 spiro atoms. The third-order valence-corrected chi connectivity index (χ3v) is 4.20. The summed E-state index contributed by atoms with van der Waals surface area (Å²) in [7, 11) is 3.40. The minimum absolute atomic E-state index is 0.101. The first kappa shape index (κ1) is 17.8. The minimum Gasteiger partial charge on any atom is -0.493 e. The van der Waals surface area contributed by atoms with E-state index in [0.29, 0.717) is 23.1 Å². The molecule has 1 atom stereocenters. The molecule has 0 radical (unpaired) electrons. The molecule has 1 unspecified atom stereocenters. The largest absolute Gasteiger partial charge is 0.493 e. The molecule has 2 aromatic rings. The Hall–Kier alpha value is -2.50. The van der Waals surface area contributed by atoms with Crippen LogP contribution in [0.3, 0.4) is 0 Å². The normalized spacial score (nSPS) is 12.1. The van der Waals surface area contributed by atoms with Gasteiger partial charge in [0.05, 0.1) is 12.8 Å². The van der Waals surface area contributed by atoms with Crippen LogP contribution in [0.1, 0.15) is 37.0 Å². The Morgan fingerprint density at radius 2 is 1.92 bits per heavy atom. The Morgan fingerprint density at radius 1 is 1.25 bits per heavy atom. The number of benzene rings is 1. The first-order valence-corrected chi connectivity index (χ1v) is 8.01. The van der Waals surface area contributed by atoms with Crippen molar-refractivity contribution >= 4 is 5.91 Å². The van der Waals surface area contributed by atoms with Crippen molar-refractivity contribution in [2.75, 3.05) is 14.2 Å². The number of aromatic amines is 1. The maximum Gasteiger partial charge on any atom is 0.274 e. The highest BCUT2D eigenvalue weighted by atomic mass is 16.5. The third-order valence-electron chi connectivity index (χ3n) is 4.20. The molecule has 130 valence electrons. The third kappa shape index (κ3) is 4.07. The zero-order valence-corrected chi connectivity index (χ0v) is 14.9. The molecule has 1 N–H and O–H groups in total. The van der Waals surface area contributed by atoms with Gasteiger partial charge in [-0.3, -0.25) is 9.89 Å². The van der Waals surface area contributed by atoms with Gasteiger partial charge in [0.1, 0.15) is 6.61 Å². The number of nitrogens with one attached hydrogen (secondary N) is 1. The molecule has 1 amide bonds. The van der Waals surface area contributed by atoms with Crippen molar-refractivity contribution in [2.24, 2.45) is 5.92 Å². The maximum atomic E-state index is 12.5. The van der Waals surface area contributed by atoms with Crippen molar-refractivity contribution < 1.29 is 14.3 Å². The highest BCUT2D eigenvalue weighted by Gasteiger charge is 2.22. The Labute approximate surface area is 142 Å². The van der Waals surface area contributed by atoms with Crippen LogP contribution < -0.4 is 9.47 Å². The van der Waals surface area contributed by atoms with Gasteiger partial charge < -0.3 is 14.4 Å². The Bertz CT molecular complexity index is 682. The molecule has 2 rings (SSSR count). The first-order chi connectivity index (χ1) is 11.4. The van der Waals surface area contributed by atoms with Crippen LogP contribution in [-0.2, 0) is 6.61 Å². The number of nitrogens with zero attached hydrogens (tertiary/aromatic N) is 2. The number of hydrogen-bond donors (Lipinski definition) is 1. The molecule has 1 heterocycles. The van der Waals surface area contributed by atoms with E-state index in [1.165, 1.54) is 0 Å². The van der Waals surface area contributed by atoms with Gasteiger partial charge >= 0.3 is 0 Å². The predicted octanol–water partition coefficient (Wildman–Crippen LogP) is 3.11. The van der Waals surface area contributed by atoms with Gasteiger partial charge in [-0.25, -0.2) is 0 Å². The summed E-state index contributed by atoms with van der Waals surface area (Å²) in [6.45, 7) is 6.49. The molecular formula is C18H25N3O3. The van der Waals surface area contributed by atoms with Gasteiger partial charge in [0.25, 0.3) is 5.91 Å². The molecule has 1 aromatic carbocycles. The van der Waals surface area contributed by atoms with E-state index in [2.05, 4.69) is 24.0 Å². The van der Waals surface area contributed by atoms with Crippen molar-refractivity contribution in [3.8, 4) is 11.5 Å². The fraction of sp³-hybridized carbons (Fsp3) is 0.444. The fourth-order valence-electron chi connectivity index (χ4n) is 2.25. The molecule has 6 nitrogen and oxygen atoms in total. The van der Waals surface area contributed by atoms with E-state index in [1.54, 1.807) is 25.1 Å². The van der Waals surface area contributed by atoms with Gasteiger partial charge in [-0.15, -0.1) is 0 Å². The van der Waals surface area contributed by atoms with Crippen molar-refractivity contribution in [1.29, 1.82) is 0 Å². The van der Waals surface area contributed by atoms with Crippen LogP contribution in [0.25, 0.3) is 0 Å². The van der Waals surface area contributed by atoms with Crippen LogP contribution in [0.4, 0.5) is 0 Å². The summed E-state index contributed by atoms with van der Waals surface area (Å²) in [5, 5.41) is 6.96. The summed E-state index contributed by atoms with van der Waals surface area (Å²) in [4.78, 5) is 14.2. The monoisotopic (exact) mass is 331 g/mol. The van der Waals surface area contributed by atoms with E-state index >= 15 is 0 Å². The molecule has 0 saturated heterocycles. The number of carbonyl (C=O) groups excluding carboxylic acids is 1. The number of amides is 1. The van der Waals surface area contributed by atoms with Crippen LogP contribution in [0.15, 0.2) is 30.3 Å². The van der Waals surface area contributed by atoms with Crippen LogP contribution in [0, 0.1) is 5.92 Å². The smallest absolute Gasteiger partial charge is 0.274 e. The number of methoxy groups -OCH3 is 1. The lowest BCUT2D eigenvalue weighted by Gasteiger charge is -2.27. The van der Waals surface area contributed by atoms with Crippen LogP contribution >= 0.6 is 0 Å². The van der Waals surface area contributed by atoms with E-state index in [4.69, 9.17) is 9.47 Å². The van der Waals surface area contributed by atoms with Crippen molar-refractivity contribution in [1.82, 2.24) is 15.1 Å². The van der Waals surface area contributed by atoms with E-state index < -0.39 is 0 Å². The second-order valence-corrected chi connectivity index (χ2v) is 6.12. The van der Waals surface area contributed by atoms with Gasteiger partial charge in [0, 0.05) is 13.1 Å². The Balaban J connectivity index is 2.01. The molecule has 6 heteroatoms. The molecule has 0 aliphatic rings. The van der Waals surface area contributed by atoms with E-state index in [9.17, 15) is 4.79 Å². The second-order valence-electron chi connectivity index (χ2n) is 6.12. The quantitative estimate of drug-likeness (QED) is 0.846. The molecule has 0 aliphatic carbocycles. The lowest BCUT2D eigenvalue weighted by Crippen LogP contribution is -2.38. The maximum absolute atomic E-state index is 12.5. The van der Waals surface area contributed by atoms with Crippen LogP contribution in [0.2, 0.25) is 0 Å². The van der Waals surface area contributed by atoms with E-state index in [0.717, 1.165) is 5.69 Å². The molecule has 0 saturated carbocycles. The zero-order chi connectivity index (χ0) is 17.7. The highest BCUT2D eigenvalue weighted by Crippen LogP contribution is 2.26. The van der Waals surface area contributed by atoms with Crippen LogP contribution in [0.5, 0.6) is 11.5 Å². The van der Waals surface area contributed by atoms with Gasteiger partial charge in [-0.2, -0.15) is 5.10 Å². The lowest BCUT2D eigenvalue weighted by molar-refractivity contribution is 0.0701. The SMILES string of the molecule is COc1ccccc1OCc1cc(C(=O)N(C)C(C)C(C)C)n[nH]1. The molecule has 0 fully saturated rings. The second kappa shape index (κ2) is 7.86. The van der Waals surface area contributed by atoms with Gasteiger partial charge in [-0.1, -0.05) is 26.0 Å². The van der Waals surface area contributed by atoms with Crippen molar-refractivity contribution in [3.63, 3.8) is 0 Å². The lowest BCUT2D eigenvalue weighted by atomic mass is 10.1. The standard InChI is InChI=1S/C18H25N3O3/c1-12(2)13(3)21(4)18(22)15-10-14(19-20-15)11-24-17-9-7-6-8-16(17)23-5/h6-10,12-13H,11H2,1-5H3,(H,19,20). The summed E-state index contributed by atoms with van der Waals surface area (Å²) in [6, 6.07) is 9.29. The van der Waals surface area contributed by atoms with E-state index in [1.807, 2.05) is 31.2 Å². The molecule has 0 bridgehead atoms. The molecular weight excluding hydrogens is 306 g/mol. The van der Waals surface area contributed by atoms with Crippen LogP contribution in [-0.4, -0.2) is 41.2 Å². The van der Waals surface area contributed by atoms with Crippen molar-refractivity contribution in [2.45, 2.75) is 33.4 Å². The summed E-state index contributed by atoms with van der Waals surface area (Å²) in [6.07, 6.45) is 0. The summed E-state index contributed by atoms with van der Waals surface area (Å²) < 4.78 is 11.0. The summed E-state index contributed by atoms with van der Waals surface area (Å²) >= 11 is 0. The number of para-hydroxylation sites is 2. The Morgan fingerprint density at radius 3 is 2.54 bits per heavy atom. The predicted molar refractivity (Wildman–Crippen MR) is 92.3 cm³/mol. The number of rotatable bonds is 7. The minimum atomic E-state index is -0.101. The number of carbonyl (C=O) groups is 1. The fourth-order valence-corrected chi connectivity index (χ4v) is 2.25. The Kier molecular flexibility index (Phi) is 5.84. The average molecular weight is 331 g/mol. The zero-order valence-electron chi connectivity index (χ0n) is 14.9. The molecule has 24 heavy (non-hydrogen) atoms. The number of hydrogen-bond acceptors (Lipinski definition) is 4. The summed E-state index contributed by atoms with van der Waals surface area (Å²) in [5.41, 5.74) is 1.12. The first-order valence-electron chi connectivity index (χ1n) is 8.01. The number of H-pyrrole nitrogens is 1. The number of ether oxygens (including phenoxy) is 2. The summed E-state index contributed by atoms with van der Waals surface area (Å²) in [5.74, 6) is 1.59. The molecule has 1 aromatic heterocycles. The highest BCUT2D eigenvalue weighted by molar-refractivity contribution is 5.92. The molecule has 0 aliphatic heterocycles. The van der Waals surface area contributed by atoms with E-state index in [-0.39, 0.29) is 18.6 Å². The van der Waals surface area contributed by atoms with Gasteiger partial charge in [0.2, 0.25) is 0 Å². The average Bonchev–Trinajstić information content (AvgIpc) is 3.07. The number of aromatic nitrogens is 2. The van der Waals surface area contributed by atoms with Crippen molar-refractivity contribution in [3.05, 3.63) is 41.7 Å². The van der Waals surface area contributed by atoms with Gasteiger partial charge in [0.15, 0.2) is 17.2 Å².